The molecule has 27 heavy (non-hydrogen) atoms. The van der Waals surface area contributed by atoms with E-state index in [2.05, 4.69) is 46.8 Å². The van der Waals surface area contributed by atoms with Gasteiger partial charge in [-0.25, -0.2) is 4.79 Å². The zero-order chi connectivity index (χ0) is 19.1. The fourth-order valence-electron chi connectivity index (χ4n) is 3.20. The van der Waals surface area contributed by atoms with Crippen molar-refractivity contribution in [3.8, 4) is 5.75 Å². The van der Waals surface area contributed by atoms with E-state index < -0.39 is 0 Å². The Morgan fingerprint density at radius 1 is 1.07 bits per heavy atom. The maximum absolute atomic E-state index is 11.9. The molecule has 0 unspecified atom stereocenters. The molecule has 2 amide bonds. The molecule has 0 aliphatic heterocycles. The number of carbonyl (C=O) groups excluding carboxylic acids is 1. The fourth-order valence-corrected chi connectivity index (χ4v) is 3.20. The quantitative estimate of drug-likeness (QED) is 0.529. The van der Waals surface area contributed by atoms with Gasteiger partial charge in [-0.2, -0.15) is 0 Å². The van der Waals surface area contributed by atoms with E-state index in [1.54, 1.807) is 7.11 Å². The van der Waals surface area contributed by atoms with Crippen LogP contribution in [-0.4, -0.2) is 31.2 Å². The molecule has 5 heteroatoms. The van der Waals surface area contributed by atoms with E-state index in [1.165, 1.54) is 22.1 Å². The molecule has 5 nitrogen and oxygen atoms in total. The smallest absolute Gasteiger partial charge is 0.314 e. The highest BCUT2D eigenvalue weighted by molar-refractivity contribution is 5.83. The molecule has 3 aromatic rings. The van der Waals surface area contributed by atoms with Gasteiger partial charge in [0.2, 0.25) is 0 Å². The Balaban J connectivity index is 1.36. The van der Waals surface area contributed by atoms with Gasteiger partial charge in [0.15, 0.2) is 0 Å². The van der Waals surface area contributed by atoms with E-state index in [4.69, 9.17) is 4.74 Å². The maximum atomic E-state index is 11.9. The van der Waals surface area contributed by atoms with Crippen molar-refractivity contribution in [3.63, 3.8) is 0 Å². The van der Waals surface area contributed by atoms with Gasteiger partial charge in [0.25, 0.3) is 0 Å². The largest absolute Gasteiger partial charge is 0.497 e. The summed E-state index contributed by atoms with van der Waals surface area (Å²) in [6.07, 6.45) is 4.63. The number of aryl methyl sites for hydroxylation is 2. The Labute approximate surface area is 160 Å². The highest BCUT2D eigenvalue weighted by Crippen LogP contribution is 2.19. The Kier molecular flexibility index (Phi) is 6.36. The molecule has 0 saturated carbocycles. The molecule has 2 aromatic carbocycles. The Hall–Kier alpha value is -2.95. The van der Waals surface area contributed by atoms with Crippen LogP contribution >= 0.6 is 0 Å². The lowest BCUT2D eigenvalue weighted by Crippen LogP contribution is -2.37. The summed E-state index contributed by atoms with van der Waals surface area (Å²) in [4.78, 5) is 15.2. The summed E-state index contributed by atoms with van der Waals surface area (Å²) in [5.41, 5.74) is 4.82. The average Bonchev–Trinajstić information content (AvgIpc) is 3.07. The lowest BCUT2D eigenvalue weighted by atomic mass is 10.1. The van der Waals surface area contributed by atoms with Crippen LogP contribution in [0, 0.1) is 6.92 Å². The first-order valence-electron chi connectivity index (χ1n) is 9.37. The molecule has 0 aliphatic rings. The van der Waals surface area contributed by atoms with Gasteiger partial charge < -0.3 is 20.4 Å². The van der Waals surface area contributed by atoms with Crippen LogP contribution in [0.25, 0.3) is 10.9 Å². The number of rotatable bonds is 8. The van der Waals surface area contributed by atoms with Crippen molar-refractivity contribution in [1.29, 1.82) is 0 Å². The van der Waals surface area contributed by atoms with E-state index in [-0.39, 0.29) is 6.03 Å². The molecule has 142 valence electrons. The van der Waals surface area contributed by atoms with Crippen LogP contribution < -0.4 is 15.4 Å². The van der Waals surface area contributed by atoms with E-state index in [0.29, 0.717) is 13.1 Å². The fraction of sp³-hybridized carbons (Fsp3) is 0.318. The summed E-state index contributed by atoms with van der Waals surface area (Å²) in [5.74, 6) is 0.866. The van der Waals surface area contributed by atoms with Crippen molar-refractivity contribution in [2.24, 2.45) is 0 Å². The third-order valence-corrected chi connectivity index (χ3v) is 4.66. The van der Waals surface area contributed by atoms with Crippen molar-refractivity contribution in [1.82, 2.24) is 15.6 Å². The Morgan fingerprint density at radius 3 is 2.78 bits per heavy atom. The van der Waals surface area contributed by atoms with Gasteiger partial charge in [-0.05, 0) is 61.1 Å². The molecular weight excluding hydrogens is 338 g/mol. The van der Waals surface area contributed by atoms with Crippen molar-refractivity contribution in [2.75, 3.05) is 20.2 Å². The number of hydrogen-bond donors (Lipinski definition) is 3. The first kappa shape index (κ1) is 18.8. The number of hydrogen-bond acceptors (Lipinski definition) is 2. The van der Waals surface area contributed by atoms with Crippen LogP contribution in [0.5, 0.6) is 5.75 Å². The molecule has 3 rings (SSSR count). The summed E-state index contributed by atoms with van der Waals surface area (Å²) >= 11 is 0. The van der Waals surface area contributed by atoms with Crippen LogP contribution in [0.15, 0.2) is 48.7 Å². The monoisotopic (exact) mass is 365 g/mol. The SMILES string of the molecule is COc1cccc(CCCNC(=O)NCCc2c[nH]c3cc(C)ccc23)c1. The summed E-state index contributed by atoms with van der Waals surface area (Å²) in [6, 6.07) is 14.3. The maximum Gasteiger partial charge on any atom is 0.314 e. The molecular formula is C22H27N3O2. The van der Waals surface area contributed by atoms with E-state index in [1.807, 2.05) is 24.4 Å². The average molecular weight is 365 g/mol. The van der Waals surface area contributed by atoms with Crippen LogP contribution in [0.1, 0.15) is 23.1 Å². The molecule has 0 radical (unpaired) electrons. The molecule has 0 spiro atoms. The first-order chi connectivity index (χ1) is 13.2. The molecule has 0 bridgehead atoms. The van der Waals surface area contributed by atoms with Gasteiger partial charge in [-0.3, -0.25) is 0 Å². The number of benzene rings is 2. The van der Waals surface area contributed by atoms with Crippen molar-refractivity contribution in [3.05, 3.63) is 65.4 Å². The number of aromatic nitrogens is 1. The predicted molar refractivity (Wildman–Crippen MR) is 109 cm³/mol. The number of aromatic amines is 1. The number of methoxy groups -OCH3 is 1. The van der Waals surface area contributed by atoms with E-state index >= 15 is 0 Å². The topological polar surface area (TPSA) is 66.2 Å². The van der Waals surface area contributed by atoms with Crippen LogP contribution in [-0.2, 0) is 12.8 Å². The van der Waals surface area contributed by atoms with Crippen molar-refractivity contribution >= 4 is 16.9 Å². The molecule has 3 N–H and O–H groups in total. The number of urea groups is 1. The zero-order valence-electron chi connectivity index (χ0n) is 16.0. The lowest BCUT2D eigenvalue weighted by Gasteiger charge is -2.08. The van der Waals surface area contributed by atoms with Gasteiger partial charge in [0.1, 0.15) is 5.75 Å². The summed E-state index contributed by atoms with van der Waals surface area (Å²) in [5, 5.41) is 7.07. The number of nitrogens with one attached hydrogen (secondary N) is 3. The number of ether oxygens (including phenoxy) is 1. The minimum Gasteiger partial charge on any atom is -0.497 e. The highest BCUT2D eigenvalue weighted by Gasteiger charge is 2.05. The van der Waals surface area contributed by atoms with Gasteiger partial charge in [-0.1, -0.05) is 24.3 Å². The minimum atomic E-state index is -0.115. The third-order valence-electron chi connectivity index (χ3n) is 4.66. The molecule has 0 saturated heterocycles. The molecule has 1 aromatic heterocycles. The number of amides is 2. The summed E-state index contributed by atoms with van der Waals surface area (Å²) in [6.45, 7) is 3.35. The lowest BCUT2D eigenvalue weighted by molar-refractivity contribution is 0.241. The molecule has 0 aliphatic carbocycles. The van der Waals surface area contributed by atoms with Gasteiger partial charge >= 0.3 is 6.03 Å². The molecule has 1 heterocycles. The summed E-state index contributed by atoms with van der Waals surface area (Å²) in [7, 11) is 1.67. The van der Waals surface area contributed by atoms with Crippen LogP contribution in [0.2, 0.25) is 0 Å². The van der Waals surface area contributed by atoms with Crippen molar-refractivity contribution < 1.29 is 9.53 Å². The van der Waals surface area contributed by atoms with Crippen molar-refractivity contribution in [2.45, 2.75) is 26.2 Å². The van der Waals surface area contributed by atoms with E-state index in [9.17, 15) is 4.79 Å². The third kappa shape index (κ3) is 5.26. The Morgan fingerprint density at radius 2 is 1.93 bits per heavy atom. The van der Waals surface area contributed by atoms with Gasteiger partial charge in [-0.15, -0.1) is 0 Å². The number of carbonyl (C=O) groups is 1. The number of fused-ring (bicyclic) bond motifs is 1. The normalized spacial score (nSPS) is 10.7. The minimum absolute atomic E-state index is 0.115. The highest BCUT2D eigenvalue weighted by atomic mass is 16.5. The second-order valence-corrected chi connectivity index (χ2v) is 6.75. The van der Waals surface area contributed by atoms with Crippen LogP contribution in [0.3, 0.4) is 0 Å². The molecule has 0 fully saturated rings. The Bertz CT molecular complexity index is 901. The van der Waals surface area contributed by atoms with Gasteiger partial charge in [0, 0.05) is 30.2 Å². The number of H-pyrrole nitrogens is 1. The summed E-state index contributed by atoms with van der Waals surface area (Å²) < 4.78 is 5.22. The zero-order valence-corrected chi connectivity index (χ0v) is 16.0. The first-order valence-corrected chi connectivity index (χ1v) is 9.37. The predicted octanol–water partition coefficient (Wildman–Crippen LogP) is 3.96. The van der Waals surface area contributed by atoms with E-state index in [0.717, 1.165) is 30.5 Å². The standard InChI is InChI=1S/C22H27N3O2/c1-16-8-9-20-18(15-25-21(20)13-16)10-12-24-22(26)23-11-4-6-17-5-3-7-19(14-17)27-2/h3,5,7-9,13-15,25H,4,6,10-12H2,1-2H3,(H2,23,24,26). The second kappa shape index (κ2) is 9.12. The van der Waals surface area contributed by atoms with Gasteiger partial charge in [0.05, 0.1) is 7.11 Å². The van der Waals surface area contributed by atoms with Crippen LogP contribution in [0.4, 0.5) is 4.79 Å². The second-order valence-electron chi connectivity index (χ2n) is 6.75. The molecule has 0 atom stereocenters.